The van der Waals surface area contributed by atoms with Crippen molar-refractivity contribution in [2.75, 3.05) is 18.4 Å². The first-order valence-electron chi connectivity index (χ1n) is 14.1. The molecule has 12 heteroatoms. The van der Waals surface area contributed by atoms with Crippen molar-refractivity contribution in [3.63, 3.8) is 0 Å². The Morgan fingerprint density at radius 1 is 1.07 bits per heavy atom. The van der Waals surface area contributed by atoms with Crippen molar-refractivity contribution in [2.24, 2.45) is 11.8 Å². The summed E-state index contributed by atoms with van der Waals surface area (Å²) in [6.07, 6.45) is 3.73. The van der Waals surface area contributed by atoms with Crippen LogP contribution in [0.3, 0.4) is 0 Å². The second-order valence-corrected chi connectivity index (χ2v) is 10.8. The van der Waals surface area contributed by atoms with E-state index in [2.05, 4.69) is 36.6 Å². The van der Waals surface area contributed by atoms with Gasteiger partial charge in [-0.15, -0.1) is 0 Å². The molecule has 0 spiro atoms. The number of aromatic nitrogens is 2. The Bertz CT molecular complexity index is 1200. The Kier molecular flexibility index (Phi) is 11.0. The third kappa shape index (κ3) is 8.63. The van der Waals surface area contributed by atoms with E-state index in [-0.39, 0.29) is 49.8 Å². The zero-order valence-electron chi connectivity index (χ0n) is 24.1. The maximum Gasteiger partial charge on any atom is 0.247 e. The number of anilines is 1. The number of amides is 4. The van der Waals surface area contributed by atoms with Crippen LogP contribution in [0.4, 0.5) is 5.95 Å². The molecular weight excluding hydrogens is 526 g/mol. The van der Waals surface area contributed by atoms with E-state index in [1.54, 1.807) is 70.4 Å². The van der Waals surface area contributed by atoms with Gasteiger partial charge in [-0.3, -0.25) is 24.0 Å². The number of benzene rings is 1. The minimum Gasteiger partial charge on any atom is -0.356 e. The average Bonchev–Trinajstić information content (AvgIpc) is 3.47. The van der Waals surface area contributed by atoms with Crippen LogP contribution in [-0.4, -0.2) is 64.1 Å². The molecule has 1 saturated heterocycles. The summed E-state index contributed by atoms with van der Waals surface area (Å²) in [4.78, 5) is 73.6. The van der Waals surface area contributed by atoms with Gasteiger partial charge in [0, 0.05) is 43.7 Å². The van der Waals surface area contributed by atoms with Crippen LogP contribution in [0.5, 0.6) is 0 Å². The normalized spacial score (nSPS) is 24.6. The predicted octanol–water partition coefficient (Wildman–Crippen LogP) is 1.59. The average molecular weight is 568 g/mol. The fourth-order valence-corrected chi connectivity index (χ4v) is 4.56. The lowest BCUT2D eigenvalue weighted by atomic mass is 9.84. The molecule has 1 aromatic carbocycles. The third-order valence-corrected chi connectivity index (χ3v) is 7.27. The summed E-state index contributed by atoms with van der Waals surface area (Å²) < 4.78 is 0. The van der Waals surface area contributed by atoms with Crippen LogP contribution < -0.4 is 26.6 Å². The van der Waals surface area contributed by atoms with Gasteiger partial charge in [-0.1, -0.05) is 51.1 Å². The Morgan fingerprint density at radius 3 is 2.44 bits per heavy atom. The molecule has 4 atom stereocenters. The SMILES string of the molecule is CC[C@@H]1NC(=O)[C@H](CCNc2ncc[nH]2)CC(=O)[C@](C)(NC(=O)C(C)C)CCNC(=O)[C@@H](c2ccccc2)NC1=O. The van der Waals surface area contributed by atoms with Gasteiger partial charge in [0.05, 0.1) is 5.54 Å². The van der Waals surface area contributed by atoms with Gasteiger partial charge < -0.3 is 31.6 Å². The lowest BCUT2D eigenvalue weighted by molar-refractivity contribution is -0.137. The number of imidazole rings is 1. The lowest BCUT2D eigenvalue weighted by Gasteiger charge is -2.33. The molecule has 6 N–H and O–H groups in total. The Balaban J connectivity index is 1.93. The Hall–Kier alpha value is -4.22. The standard InChI is InChI=1S/C29H41N7O5/c1-5-21-26(40)35-23(19-9-7-6-8-10-19)27(41)30-14-12-29(4,36-24(38)18(2)3)22(37)17-20(25(39)34-21)11-13-31-28-32-15-16-33-28/h6-10,15-16,18,20-21,23H,5,11-14,17H2,1-4H3,(H,30,41)(H,34,39)(H,35,40)(H,36,38)(H2,31,32,33)/t20-,21+,23-,29-/m1/s1. The predicted molar refractivity (Wildman–Crippen MR) is 153 cm³/mol. The first kappa shape index (κ1) is 31.3. The summed E-state index contributed by atoms with van der Waals surface area (Å²) in [5, 5.41) is 14.3. The van der Waals surface area contributed by atoms with Gasteiger partial charge in [0.15, 0.2) is 11.7 Å². The summed E-state index contributed by atoms with van der Waals surface area (Å²) in [6, 6.07) is 6.84. The molecule has 41 heavy (non-hydrogen) atoms. The van der Waals surface area contributed by atoms with Gasteiger partial charge in [0.25, 0.3) is 0 Å². The van der Waals surface area contributed by atoms with E-state index >= 15 is 0 Å². The van der Waals surface area contributed by atoms with Crippen LogP contribution in [0.1, 0.15) is 65.0 Å². The number of hydrogen-bond donors (Lipinski definition) is 6. The van der Waals surface area contributed by atoms with Crippen molar-refractivity contribution < 1.29 is 24.0 Å². The summed E-state index contributed by atoms with van der Waals surface area (Å²) >= 11 is 0. The molecule has 2 aromatic rings. The summed E-state index contributed by atoms with van der Waals surface area (Å²) in [6.45, 7) is 7.22. The van der Waals surface area contributed by atoms with Crippen LogP contribution in [0.15, 0.2) is 42.7 Å². The van der Waals surface area contributed by atoms with Gasteiger partial charge in [0.2, 0.25) is 23.6 Å². The van der Waals surface area contributed by atoms with Gasteiger partial charge >= 0.3 is 0 Å². The topological polar surface area (TPSA) is 174 Å². The molecule has 1 aliphatic heterocycles. The zero-order valence-corrected chi connectivity index (χ0v) is 24.1. The monoisotopic (exact) mass is 567 g/mol. The first-order valence-corrected chi connectivity index (χ1v) is 14.1. The van der Waals surface area contributed by atoms with Gasteiger partial charge in [-0.2, -0.15) is 0 Å². The second kappa shape index (κ2) is 14.4. The van der Waals surface area contributed by atoms with Crippen LogP contribution >= 0.6 is 0 Å². The van der Waals surface area contributed by atoms with E-state index in [4.69, 9.17) is 0 Å². The minimum absolute atomic E-state index is 0.0623. The highest BCUT2D eigenvalue weighted by atomic mass is 16.2. The van der Waals surface area contributed by atoms with E-state index in [1.807, 2.05) is 0 Å². The number of nitrogens with one attached hydrogen (secondary N) is 6. The van der Waals surface area contributed by atoms with Gasteiger partial charge in [-0.05, 0) is 31.7 Å². The molecule has 4 amide bonds. The number of hydrogen-bond acceptors (Lipinski definition) is 7. The molecule has 0 unspecified atom stereocenters. The second-order valence-electron chi connectivity index (χ2n) is 10.8. The molecule has 2 heterocycles. The van der Waals surface area contributed by atoms with Crippen molar-refractivity contribution in [2.45, 2.75) is 71.0 Å². The molecule has 1 fully saturated rings. The molecular formula is C29H41N7O5. The number of carbonyl (C=O) groups is 5. The summed E-state index contributed by atoms with van der Waals surface area (Å²) in [5.41, 5.74) is -0.762. The molecule has 0 radical (unpaired) electrons. The number of H-pyrrole nitrogens is 1. The summed E-state index contributed by atoms with van der Waals surface area (Å²) in [7, 11) is 0. The maximum absolute atomic E-state index is 13.8. The van der Waals surface area contributed by atoms with Crippen LogP contribution in [0.2, 0.25) is 0 Å². The molecule has 222 valence electrons. The fourth-order valence-electron chi connectivity index (χ4n) is 4.56. The van der Waals surface area contributed by atoms with Gasteiger partial charge in [-0.25, -0.2) is 4.98 Å². The largest absolute Gasteiger partial charge is 0.356 e. The van der Waals surface area contributed by atoms with Crippen molar-refractivity contribution >= 4 is 35.4 Å². The highest BCUT2D eigenvalue weighted by Crippen LogP contribution is 2.22. The lowest BCUT2D eigenvalue weighted by Crippen LogP contribution is -2.57. The highest BCUT2D eigenvalue weighted by Gasteiger charge is 2.38. The zero-order chi connectivity index (χ0) is 30.0. The van der Waals surface area contributed by atoms with E-state index < -0.39 is 41.3 Å². The molecule has 1 aromatic heterocycles. The Labute approximate surface area is 240 Å². The van der Waals surface area contributed by atoms with E-state index in [1.165, 1.54) is 0 Å². The molecule has 0 aliphatic carbocycles. The minimum atomic E-state index is -1.33. The third-order valence-electron chi connectivity index (χ3n) is 7.27. The fraction of sp³-hybridized carbons (Fsp3) is 0.517. The number of Topliss-reactive ketones (excluding diaryl/α,β-unsaturated/α-hetero) is 1. The first-order chi connectivity index (χ1) is 19.5. The number of carbonyl (C=O) groups excluding carboxylic acids is 5. The highest BCUT2D eigenvalue weighted by molar-refractivity contribution is 5.97. The van der Waals surface area contributed by atoms with Crippen molar-refractivity contribution in [3.05, 3.63) is 48.3 Å². The van der Waals surface area contributed by atoms with Crippen LogP contribution in [0.25, 0.3) is 0 Å². The number of nitrogens with zero attached hydrogens (tertiary/aromatic N) is 1. The van der Waals surface area contributed by atoms with E-state index in [0.29, 0.717) is 18.1 Å². The smallest absolute Gasteiger partial charge is 0.247 e. The van der Waals surface area contributed by atoms with E-state index in [9.17, 15) is 24.0 Å². The molecule has 0 saturated carbocycles. The quantitative estimate of drug-likeness (QED) is 0.281. The number of ketones is 1. The molecule has 3 rings (SSSR count). The van der Waals surface area contributed by atoms with Crippen LogP contribution in [0, 0.1) is 11.8 Å². The van der Waals surface area contributed by atoms with Crippen molar-refractivity contribution in [1.82, 2.24) is 31.2 Å². The summed E-state index contributed by atoms with van der Waals surface area (Å²) in [5.74, 6) is -2.71. The number of aromatic amines is 1. The van der Waals surface area contributed by atoms with Crippen molar-refractivity contribution in [3.8, 4) is 0 Å². The van der Waals surface area contributed by atoms with Crippen LogP contribution in [-0.2, 0) is 24.0 Å². The molecule has 0 bridgehead atoms. The maximum atomic E-state index is 13.8. The van der Waals surface area contributed by atoms with E-state index in [0.717, 1.165) is 0 Å². The molecule has 1 aliphatic rings. The van der Waals surface area contributed by atoms with Gasteiger partial charge in [0.1, 0.15) is 12.1 Å². The number of rotatable bonds is 8. The Morgan fingerprint density at radius 2 is 1.80 bits per heavy atom. The van der Waals surface area contributed by atoms with Crippen molar-refractivity contribution in [1.29, 1.82) is 0 Å². The molecule has 12 nitrogen and oxygen atoms in total.